The van der Waals surface area contributed by atoms with Crippen LogP contribution in [0, 0.1) is 13.8 Å². The van der Waals surface area contributed by atoms with E-state index in [9.17, 15) is 4.79 Å². The van der Waals surface area contributed by atoms with Crippen LogP contribution >= 0.6 is 0 Å². The Morgan fingerprint density at radius 2 is 2.00 bits per heavy atom. The second-order valence-corrected chi connectivity index (χ2v) is 3.88. The molecule has 0 atom stereocenters. The zero-order valence-electron chi connectivity index (χ0n) is 10.2. The van der Waals surface area contributed by atoms with E-state index < -0.39 is 0 Å². The lowest BCUT2D eigenvalue weighted by molar-refractivity contribution is 0.569. The van der Waals surface area contributed by atoms with Gasteiger partial charge in [-0.25, -0.2) is 4.68 Å². The van der Waals surface area contributed by atoms with Crippen LogP contribution in [0.15, 0.2) is 16.9 Å². The maximum atomic E-state index is 11.6. The highest BCUT2D eigenvalue weighted by molar-refractivity contribution is 5.00. The SMILES string of the molecule is CCn1c(C)nnc1Cn1nc(C)ccc1=O. The van der Waals surface area contributed by atoms with Crippen LogP contribution in [0.3, 0.4) is 0 Å². The summed E-state index contributed by atoms with van der Waals surface area (Å²) in [5.74, 6) is 1.61. The number of hydrogen-bond acceptors (Lipinski definition) is 4. The monoisotopic (exact) mass is 233 g/mol. The van der Waals surface area contributed by atoms with Crippen molar-refractivity contribution in [3.05, 3.63) is 39.8 Å². The molecule has 2 aromatic heterocycles. The van der Waals surface area contributed by atoms with Gasteiger partial charge in [0.1, 0.15) is 12.4 Å². The van der Waals surface area contributed by atoms with E-state index in [0.717, 1.165) is 23.9 Å². The Bertz CT molecular complexity index is 584. The summed E-state index contributed by atoms with van der Waals surface area (Å²) in [5, 5.41) is 12.2. The topological polar surface area (TPSA) is 65.6 Å². The molecule has 90 valence electrons. The number of aromatic nitrogens is 5. The van der Waals surface area contributed by atoms with Gasteiger partial charge < -0.3 is 4.57 Å². The van der Waals surface area contributed by atoms with Crippen LogP contribution in [0.25, 0.3) is 0 Å². The van der Waals surface area contributed by atoms with Gasteiger partial charge in [-0.2, -0.15) is 5.10 Å². The van der Waals surface area contributed by atoms with Gasteiger partial charge in [0.15, 0.2) is 5.82 Å². The largest absolute Gasteiger partial charge is 0.314 e. The highest BCUT2D eigenvalue weighted by Gasteiger charge is 2.09. The predicted molar refractivity (Wildman–Crippen MR) is 62.8 cm³/mol. The Labute approximate surface area is 98.9 Å². The molecule has 2 rings (SSSR count). The molecule has 0 amide bonds. The van der Waals surface area contributed by atoms with Crippen LogP contribution in [0.1, 0.15) is 24.3 Å². The molecule has 0 saturated carbocycles. The molecule has 6 heteroatoms. The van der Waals surface area contributed by atoms with Gasteiger partial charge in [-0.3, -0.25) is 4.79 Å². The van der Waals surface area contributed by atoms with Crippen molar-refractivity contribution in [2.24, 2.45) is 0 Å². The summed E-state index contributed by atoms with van der Waals surface area (Å²) in [6.07, 6.45) is 0. The second kappa shape index (κ2) is 4.48. The molecule has 0 radical (unpaired) electrons. The van der Waals surface area contributed by atoms with E-state index in [1.54, 1.807) is 6.07 Å². The molecule has 0 unspecified atom stereocenters. The minimum Gasteiger partial charge on any atom is -0.314 e. The summed E-state index contributed by atoms with van der Waals surface area (Å²) >= 11 is 0. The quantitative estimate of drug-likeness (QED) is 0.775. The molecule has 0 saturated heterocycles. The van der Waals surface area contributed by atoms with E-state index in [1.807, 2.05) is 25.3 Å². The maximum Gasteiger partial charge on any atom is 0.267 e. The predicted octanol–water partition coefficient (Wildman–Crippen LogP) is 0.520. The molecule has 0 aliphatic carbocycles. The molecule has 0 aliphatic heterocycles. The van der Waals surface area contributed by atoms with E-state index in [2.05, 4.69) is 15.3 Å². The smallest absolute Gasteiger partial charge is 0.267 e. The van der Waals surface area contributed by atoms with E-state index in [1.165, 1.54) is 10.7 Å². The molecule has 0 N–H and O–H groups in total. The summed E-state index contributed by atoms with van der Waals surface area (Å²) in [7, 11) is 0. The van der Waals surface area contributed by atoms with E-state index in [4.69, 9.17) is 0 Å². The van der Waals surface area contributed by atoms with Gasteiger partial charge in [0.05, 0.1) is 5.69 Å². The van der Waals surface area contributed by atoms with Gasteiger partial charge in [0.25, 0.3) is 5.56 Å². The van der Waals surface area contributed by atoms with Gasteiger partial charge in [-0.15, -0.1) is 10.2 Å². The average Bonchev–Trinajstić information content (AvgIpc) is 2.64. The molecule has 0 aliphatic rings. The van der Waals surface area contributed by atoms with Gasteiger partial charge in [0.2, 0.25) is 0 Å². The van der Waals surface area contributed by atoms with E-state index in [0.29, 0.717) is 6.54 Å². The Morgan fingerprint density at radius 1 is 1.24 bits per heavy atom. The minimum absolute atomic E-state index is 0.126. The molecule has 2 heterocycles. The van der Waals surface area contributed by atoms with E-state index >= 15 is 0 Å². The van der Waals surface area contributed by atoms with Crippen molar-refractivity contribution >= 4 is 0 Å². The first-order chi connectivity index (χ1) is 8.11. The van der Waals surface area contributed by atoms with Crippen LogP contribution in [-0.2, 0) is 13.1 Å². The Morgan fingerprint density at radius 3 is 2.71 bits per heavy atom. The standard InChI is InChI=1S/C11H15N5O/c1-4-15-9(3)12-13-10(15)7-16-11(17)6-5-8(2)14-16/h5-6H,4,7H2,1-3H3. The lowest BCUT2D eigenvalue weighted by Gasteiger charge is -2.06. The molecule has 17 heavy (non-hydrogen) atoms. The number of rotatable bonds is 3. The summed E-state index contributed by atoms with van der Waals surface area (Å²) in [4.78, 5) is 11.6. The van der Waals surface area contributed by atoms with Crippen molar-refractivity contribution in [3.8, 4) is 0 Å². The highest BCUT2D eigenvalue weighted by atomic mass is 16.1. The normalized spacial score (nSPS) is 10.8. The third-order valence-electron chi connectivity index (χ3n) is 2.62. The zero-order valence-corrected chi connectivity index (χ0v) is 10.2. The average molecular weight is 233 g/mol. The first-order valence-corrected chi connectivity index (χ1v) is 5.55. The fourth-order valence-corrected chi connectivity index (χ4v) is 1.75. The molecule has 0 fully saturated rings. The minimum atomic E-state index is -0.126. The summed E-state index contributed by atoms with van der Waals surface area (Å²) in [6.45, 7) is 6.91. The van der Waals surface area contributed by atoms with Gasteiger partial charge in [-0.1, -0.05) is 0 Å². The van der Waals surface area contributed by atoms with Gasteiger partial charge in [-0.05, 0) is 26.8 Å². The van der Waals surface area contributed by atoms with Crippen molar-refractivity contribution in [1.29, 1.82) is 0 Å². The lowest BCUT2D eigenvalue weighted by atomic mass is 10.4. The summed E-state index contributed by atoms with van der Waals surface area (Å²) in [5.41, 5.74) is 0.683. The van der Waals surface area contributed by atoms with Crippen LogP contribution in [0.4, 0.5) is 0 Å². The molecule has 0 spiro atoms. The molecular formula is C11H15N5O. The molecule has 0 bridgehead atoms. The van der Waals surface area contributed by atoms with Crippen molar-refractivity contribution in [3.63, 3.8) is 0 Å². The molecule has 2 aromatic rings. The van der Waals surface area contributed by atoms with E-state index in [-0.39, 0.29) is 5.56 Å². The van der Waals surface area contributed by atoms with Crippen molar-refractivity contribution in [1.82, 2.24) is 24.5 Å². The second-order valence-electron chi connectivity index (χ2n) is 3.88. The van der Waals surface area contributed by atoms with Crippen LogP contribution in [0.2, 0.25) is 0 Å². The van der Waals surface area contributed by atoms with Crippen LogP contribution in [-0.4, -0.2) is 24.5 Å². The molecule has 6 nitrogen and oxygen atoms in total. The third-order valence-corrected chi connectivity index (χ3v) is 2.62. The third kappa shape index (κ3) is 2.25. The fraction of sp³-hybridized carbons (Fsp3) is 0.455. The zero-order chi connectivity index (χ0) is 12.4. The first kappa shape index (κ1) is 11.5. The van der Waals surface area contributed by atoms with Crippen molar-refractivity contribution < 1.29 is 0 Å². The van der Waals surface area contributed by atoms with Gasteiger partial charge in [0, 0.05) is 12.6 Å². The Hall–Kier alpha value is -1.98. The van der Waals surface area contributed by atoms with Crippen LogP contribution < -0.4 is 5.56 Å². The number of nitrogens with zero attached hydrogens (tertiary/aromatic N) is 5. The van der Waals surface area contributed by atoms with Crippen LogP contribution in [0.5, 0.6) is 0 Å². The Kier molecular flexibility index (Phi) is 3.03. The van der Waals surface area contributed by atoms with Crippen molar-refractivity contribution in [2.45, 2.75) is 33.9 Å². The Balaban J connectivity index is 2.37. The van der Waals surface area contributed by atoms with Gasteiger partial charge >= 0.3 is 0 Å². The highest BCUT2D eigenvalue weighted by Crippen LogP contribution is 2.01. The maximum absolute atomic E-state index is 11.6. The molecule has 0 aromatic carbocycles. The first-order valence-electron chi connectivity index (χ1n) is 5.55. The van der Waals surface area contributed by atoms with Crippen molar-refractivity contribution in [2.75, 3.05) is 0 Å². The summed E-state index contributed by atoms with van der Waals surface area (Å²) < 4.78 is 3.38. The lowest BCUT2D eigenvalue weighted by Crippen LogP contribution is -2.24. The molecular weight excluding hydrogens is 218 g/mol. The summed E-state index contributed by atoms with van der Waals surface area (Å²) in [6, 6.07) is 3.22. The fourth-order valence-electron chi connectivity index (χ4n) is 1.75. The number of hydrogen-bond donors (Lipinski definition) is 0. The number of aryl methyl sites for hydroxylation is 2.